The zero-order chi connectivity index (χ0) is 12.0. The summed E-state index contributed by atoms with van der Waals surface area (Å²) in [6.07, 6.45) is 0. The number of hydrogen-bond acceptors (Lipinski definition) is 6. The third-order valence-electron chi connectivity index (χ3n) is 1.35. The van der Waals surface area contributed by atoms with Gasteiger partial charge in [0.25, 0.3) is 0 Å². The maximum atomic E-state index is 10.5. The molecule has 0 aliphatic carbocycles. The summed E-state index contributed by atoms with van der Waals surface area (Å²) < 4.78 is 0. The number of carbonyl (C=O) groups is 2. The normalized spacial score (nSPS) is 9.12. The summed E-state index contributed by atoms with van der Waals surface area (Å²) in [5.74, 6) is -0.970. The molecule has 0 radical (unpaired) electrons. The molecule has 0 N–H and O–H groups in total. The van der Waals surface area contributed by atoms with Crippen molar-refractivity contribution in [2.24, 2.45) is 0 Å². The van der Waals surface area contributed by atoms with Crippen LogP contribution in [0.2, 0.25) is 0 Å². The quantitative estimate of drug-likeness (QED) is 0.570. The first kappa shape index (κ1) is 11.8. The van der Waals surface area contributed by atoms with Gasteiger partial charge in [0, 0.05) is 13.8 Å². The summed E-state index contributed by atoms with van der Waals surface area (Å²) in [4.78, 5) is 39.0. The van der Waals surface area contributed by atoms with E-state index in [1.165, 1.54) is 26.0 Å². The van der Waals surface area contributed by atoms with Gasteiger partial charge in [0.15, 0.2) is 0 Å². The van der Waals surface area contributed by atoms with Crippen molar-refractivity contribution in [1.82, 2.24) is 0 Å². The summed E-state index contributed by atoms with van der Waals surface area (Å²) in [5, 5.41) is 0. The molecule has 6 nitrogen and oxygen atoms in total. The zero-order valence-electron chi connectivity index (χ0n) is 8.76. The first-order chi connectivity index (χ1) is 7.59. The fourth-order valence-electron chi connectivity index (χ4n) is 0.795. The van der Waals surface area contributed by atoms with Crippen LogP contribution in [0.3, 0.4) is 0 Å². The van der Waals surface area contributed by atoms with Crippen molar-refractivity contribution in [2.45, 2.75) is 13.8 Å². The summed E-state index contributed by atoms with van der Waals surface area (Å²) in [6, 6.07) is 6.25. The Hall–Kier alpha value is -2.24. The summed E-state index contributed by atoms with van der Waals surface area (Å²) >= 11 is 0. The molecule has 0 atom stereocenters. The molecule has 0 amide bonds. The molecule has 86 valence electrons. The third kappa shape index (κ3) is 3.87. The van der Waals surface area contributed by atoms with E-state index in [1.54, 1.807) is 12.1 Å². The van der Waals surface area contributed by atoms with E-state index in [-0.39, 0.29) is 11.5 Å². The van der Waals surface area contributed by atoms with Gasteiger partial charge in [0.1, 0.15) is 0 Å². The Labute approximate surface area is 91.5 Å². The largest absolute Gasteiger partial charge is 0.352 e. The number of benzene rings is 1. The maximum Gasteiger partial charge on any atom is 0.352 e. The zero-order valence-corrected chi connectivity index (χ0v) is 8.76. The lowest BCUT2D eigenvalue weighted by Crippen LogP contribution is -2.06. The summed E-state index contributed by atoms with van der Waals surface area (Å²) in [7, 11) is 0. The molecule has 0 spiro atoms. The van der Waals surface area contributed by atoms with Gasteiger partial charge in [-0.25, -0.2) is 9.59 Å². The molecule has 1 aromatic carbocycles. The molecule has 0 bridgehead atoms. The van der Waals surface area contributed by atoms with Gasteiger partial charge >= 0.3 is 11.9 Å². The van der Waals surface area contributed by atoms with E-state index in [4.69, 9.17) is 0 Å². The Balaban J connectivity index is 2.67. The number of para-hydroxylation sites is 2. The molecular weight excluding hydrogens is 216 g/mol. The fraction of sp³-hybridized carbons (Fsp3) is 0.200. The molecule has 0 heterocycles. The molecule has 0 saturated carbocycles. The second-order valence-electron chi connectivity index (χ2n) is 2.76. The number of rotatable bonds is 4. The predicted molar refractivity (Wildman–Crippen MR) is 51.2 cm³/mol. The van der Waals surface area contributed by atoms with Gasteiger partial charge < -0.3 is 0 Å². The molecule has 0 unspecified atom stereocenters. The Bertz CT molecular complexity index is 350. The number of carbonyl (C=O) groups excluding carboxylic acids is 2. The van der Waals surface area contributed by atoms with Gasteiger partial charge in [-0.2, -0.15) is 0 Å². The monoisotopic (exact) mass is 226 g/mol. The average Bonchev–Trinajstić information content (AvgIpc) is 2.24. The molecule has 1 aromatic rings. The Morgan fingerprint density at radius 2 is 1.25 bits per heavy atom. The van der Waals surface area contributed by atoms with Gasteiger partial charge in [-0.15, -0.1) is 0 Å². The van der Waals surface area contributed by atoms with Crippen LogP contribution in [0.15, 0.2) is 24.3 Å². The minimum absolute atomic E-state index is 0.124. The summed E-state index contributed by atoms with van der Waals surface area (Å²) in [6.45, 7) is 2.38. The van der Waals surface area contributed by atoms with Crippen LogP contribution < -0.4 is 9.78 Å². The second-order valence-corrected chi connectivity index (χ2v) is 2.76. The van der Waals surface area contributed by atoms with Crippen molar-refractivity contribution >= 4 is 11.9 Å². The van der Waals surface area contributed by atoms with Gasteiger partial charge in [-0.05, 0) is 12.1 Å². The minimum atomic E-state index is -0.609. The second kappa shape index (κ2) is 5.59. The van der Waals surface area contributed by atoms with E-state index in [2.05, 4.69) is 19.6 Å². The highest BCUT2D eigenvalue weighted by molar-refractivity contribution is 5.65. The number of hydrogen-bond donors (Lipinski definition) is 0. The van der Waals surface area contributed by atoms with E-state index in [0.717, 1.165) is 0 Å². The standard InChI is InChI=1S/C10H10O6/c1-7(11)13-15-9-5-3-4-6-10(9)16-14-8(2)12/h3-6H,1-2H3. The molecule has 0 saturated heterocycles. The fourth-order valence-corrected chi connectivity index (χ4v) is 0.795. The van der Waals surface area contributed by atoms with E-state index in [1.807, 2.05) is 0 Å². The van der Waals surface area contributed by atoms with Crippen molar-refractivity contribution in [3.8, 4) is 11.5 Å². The van der Waals surface area contributed by atoms with Crippen molar-refractivity contribution in [1.29, 1.82) is 0 Å². The van der Waals surface area contributed by atoms with Crippen LogP contribution in [-0.4, -0.2) is 11.9 Å². The van der Waals surface area contributed by atoms with Crippen LogP contribution >= 0.6 is 0 Å². The Morgan fingerprint density at radius 1 is 0.875 bits per heavy atom. The van der Waals surface area contributed by atoms with Crippen molar-refractivity contribution in [2.75, 3.05) is 0 Å². The van der Waals surface area contributed by atoms with Gasteiger partial charge in [0.2, 0.25) is 11.5 Å². The minimum Gasteiger partial charge on any atom is -0.283 e. The predicted octanol–water partition coefficient (Wildman–Crippen LogP) is 1.40. The molecule has 0 fully saturated rings. The van der Waals surface area contributed by atoms with Crippen LogP contribution in [-0.2, 0) is 19.4 Å². The first-order valence-corrected chi connectivity index (χ1v) is 4.39. The van der Waals surface area contributed by atoms with Crippen molar-refractivity contribution < 1.29 is 29.1 Å². The maximum absolute atomic E-state index is 10.5. The molecular formula is C10H10O6. The van der Waals surface area contributed by atoms with Gasteiger partial charge in [-0.3, -0.25) is 19.6 Å². The Kier molecular flexibility index (Phi) is 4.14. The Morgan fingerprint density at radius 3 is 1.56 bits per heavy atom. The molecule has 0 aliphatic heterocycles. The van der Waals surface area contributed by atoms with Crippen LogP contribution in [0.1, 0.15) is 13.8 Å². The van der Waals surface area contributed by atoms with Crippen molar-refractivity contribution in [3.05, 3.63) is 24.3 Å². The van der Waals surface area contributed by atoms with Crippen molar-refractivity contribution in [3.63, 3.8) is 0 Å². The van der Waals surface area contributed by atoms with E-state index in [9.17, 15) is 9.59 Å². The lowest BCUT2D eigenvalue weighted by molar-refractivity contribution is -0.223. The smallest absolute Gasteiger partial charge is 0.283 e. The lowest BCUT2D eigenvalue weighted by atomic mass is 10.3. The highest BCUT2D eigenvalue weighted by atomic mass is 17.2. The third-order valence-corrected chi connectivity index (χ3v) is 1.35. The van der Waals surface area contributed by atoms with Gasteiger partial charge in [0.05, 0.1) is 0 Å². The van der Waals surface area contributed by atoms with Crippen LogP contribution in [0.25, 0.3) is 0 Å². The first-order valence-electron chi connectivity index (χ1n) is 4.39. The highest BCUT2D eigenvalue weighted by Gasteiger charge is 2.09. The van der Waals surface area contributed by atoms with Crippen LogP contribution in [0, 0.1) is 0 Å². The van der Waals surface area contributed by atoms with E-state index >= 15 is 0 Å². The summed E-state index contributed by atoms with van der Waals surface area (Å²) in [5.41, 5.74) is 0. The lowest BCUT2D eigenvalue weighted by Gasteiger charge is -2.07. The average molecular weight is 226 g/mol. The molecule has 6 heteroatoms. The van der Waals surface area contributed by atoms with Gasteiger partial charge in [-0.1, -0.05) is 12.1 Å². The van der Waals surface area contributed by atoms with Crippen LogP contribution in [0.5, 0.6) is 11.5 Å². The van der Waals surface area contributed by atoms with Crippen LogP contribution in [0.4, 0.5) is 0 Å². The SMILES string of the molecule is CC(=O)OOc1ccccc1OOC(C)=O. The topological polar surface area (TPSA) is 71.1 Å². The molecule has 0 aromatic heterocycles. The molecule has 16 heavy (non-hydrogen) atoms. The highest BCUT2D eigenvalue weighted by Crippen LogP contribution is 2.26. The molecule has 0 aliphatic rings. The molecule has 1 rings (SSSR count). The van der Waals surface area contributed by atoms with E-state index < -0.39 is 11.9 Å². The van der Waals surface area contributed by atoms with E-state index in [0.29, 0.717) is 0 Å².